The lowest BCUT2D eigenvalue weighted by molar-refractivity contribution is 0.231. The van der Waals surface area contributed by atoms with Crippen molar-refractivity contribution >= 4 is 17.4 Å². The second-order valence-electron chi connectivity index (χ2n) is 6.51. The van der Waals surface area contributed by atoms with Gasteiger partial charge >= 0.3 is 6.03 Å². The Morgan fingerprint density at radius 2 is 2.15 bits per heavy atom. The quantitative estimate of drug-likeness (QED) is 0.874. The highest BCUT2D eigenvalue weighted by Gasteiger charge is 2.29. The summed E-state index contributed by atoms with van der Waals surface area (Å²) in [6, 6.07) is -0.0703. The standard InChI is InChI=1S/C15H23N3OS/c1-15(6-2-3-7-15)10-17-14(19)16-8-12-9-20-13(18-12)11-4-5-11/h9,11H,2-8,10H2,1H3,(H2,16,17,19). The molecule has 0 radical (unpaired) electrons. The molecule has 2 fully saturated rings. The average Bonchev–Trinajstić information content (AvgIpc) is 3.02. The van der Waals surface area contributed by atoms with Crippen molar-refractivity contribution in [2.45, 2.75) is 57.9 Å². The molecule has 110 valence electrons. The first-order valence-corrected chi connectivity index (χ1v) is 8.49. The van der Waals surface area contributed by atoms with Crippen molar-refractivity contribution in [3.63, 3.8) is 0 Å². The maximum absolute atomic E-state index is 11.8. The minimum atomic E-state index is -0.0703. The summed E-state index contributed by atoms with van der Waals surface area (Å²) in [5, 5.41) is 9.21. The SMILES string of the molecule is CC1(CNC(=O)NCc2csc(C3CC3)n2)CCCC1. The smallest absolute Gasteiger partial charge is 0.315 e. The van der Waals surface area contributed by atoms with Crippen LogP contribution >= 0.6 is 11.3 Å². The first-order chi connectivity index (χ1) is 9.65. The molecule has 4 nitrogen and oxygen atoms in total. The largest absolute Gasteiger partial charge is 0.338 e. The summed E-state index contributed by atoms with van der Waals surface area (Å²) < 4.78 is 0. The Morgan fingerprint density at radius 1 is 1.40 bits per heavy atom. The fraction of sp³-hybridized carbons (Fsp3) is 0.733. The van der Waals surface area contributed by atoms with E-state index >= 15 is 0 Å². The van der Waals surface area contributed by atoms with Crippen LogP contribution in [-0.4, -0.2) is 17.6 Å². The Bertz CT molecular complexity index is 475. The van der Waals surface area contributed by atoms with Gasteiger partial charge in [-0.2, -0.15) is 0 Å². The lowest BCUT2D eigenvalue weighted by Crippen LogP contribution is -2.40. The third-order valence-electron chi connectivity index (χ3n) is 4.41. The van der Waals surface area contributed by atoms with Gasteiger partial charge in [-0.1, -0.05) is 19.8 Å². The highest BCUT2D eigenvalue weighted by Crippen LogP contribution is 2.41. The molecule has 0 bridgehead atoms. The van der Waals surface area contributed by atoms with Crippen LogP contribution in [-0.2, 0) is 6.54 Å². The van der Waals surface area contributed by atoms with E-state index in [2.05, 4.69) is 27.9 Å². The van der Waals surface area contributed by atoms with Crippen molar-refractivity contribution in [2.24, 2.45) is 5.41 Å². The molecule has 2 aliphatic rings. The second-order valence-corrected chi connectivity index (χ2v) is 7.40. The summed E-state index contributed by atoms with van der Waals surface area (Å²) in [6.07, 6.45) is 7.60. The van der Waals surface area contributed by atoms with Crippen LogP contribution in [0.3, 0.4) is 0 Å². The summed E-state index contributed by atoms with van der Waals surface area (Å²) in [7, 11) is 0. The Labute approximate surface area is 124 Å². The molecule has 5 heteroatoms. The van der Waals surface area contributed by atoms with E-state index in [-0.39, 0.29) is 6.03 Å². The molecule has 0 aliphatic heterocycles. The number of nitrogens with one attached hydrogen (secondary N) is 2. The molecule has 2 amide bonds. The zero-order chi connectivity index (χ0) is 14.0. The minimum absolute atomic E-state index is 0.0703. The van der Waals surface area contributed by atoms with Crippen molar-refractivity contribution in [1.29, 1.82) is 0 Å². The van der Waals surface area contributed by atoms with E-state index in [0.29, 0.717) is 17.9 Å². The Kier molecular flexibility index (Phi) is 3.96. The molecule has 2 saturated carbocycles. The van der Waals surface area contributed by atoms with Crippen molar-refractivity contribution in [3.8, 4) is 0 Å². The second kappa shape index (κ2) is 5.72. The number of urea groups is 1. The van der Waals surface area contributed by atoms with Gasteiger partial charge in [0.25, 0.3) is 0 Å². The maximum atomic E-state index is 11.8. The van der Waals surface area contributed by atoms with Gasteiger partial charge in [0, 0.05) is 17.8 Å². The number of aromatic nitrogens is 1. The van der Waals surface area contributed by atoms with Crippen LogP contribution in [0.15, 0.2) is 5.38 Å². The third-order valence-corrected chi connectivity index (χ3v) is 5.47. The van der Waals surface area contributed by atoms with Crippen LogP contribution < -0.4 is 10.6 Å². The average molecular weight is 293 g/mol. The summed E-state index contributed by atoms with van der Waals surface area (Å²) in [6.45, 7) is 3.58. The van der Waals surface area contributed by atoms with E-state index < -0.39 is 0 Å². The van der Waals surface area contributed by atoms with E-state index in [4.69, 9.17) is 0 Å². The molecule has 2 aliphatic carbocycles. The lowest BCUT2D eigenvalue weighted by atomic mass is 9.89. The molecule has 0 atom stereocenters. The molecule has 2 N–H and O–H groups in total. The molecule has 3 rings (SSSR count). The Hall–Kier alpha value is -1.10. The van der Waals surface area contributed by atoms with E-state index in [1.807, 2.05) is 0 Å². The summed E-state index contributed by atoms with van der Waals surface area (Å²) >= 11 is 1.72. The number of carbonyl (C=O) groups is 1. The van der Waals surface area contributed by atoms with Gasteiger partial charge in [-0.05, 0) is 31.1 Å². The molecular formula is C15H23N3OS. The topological polar surface area (TPSA) is 54.0 Å². The number of amides is 2. The molecule has 0 aromatic carbocycles. The monoisotopic (exact) mass is 293 g/mol. The zero-order valence-corrected chi connectivity index (χ0v) is 12.9. The van der Waals surface area contributed by atoms with E-state index in [0.717, 1.165) is 12.2 Å². The number of thiazole rings is 1. The number of hydrogen-bond acceptors (Lipinski definition) is 3. The van der Waals surface area contributed by atoms with Crippen molar-refractivity contribution in [1.82, 2.24) is 15.6 Å². The van der Waals surface area contributed by atoms with Gasteiger partial charge in [0.05, 0.1) is 17.2 Å². The molecule has 0 unspecified atom stereocenters. The van der Waals surface area contributed by atoms with Crippen LogP contribution in [0.4, 0.5) is 4.79 Å². The molecule has 1 aromatic heterocycles. The van der Waals surface area contributed by atoms with Gasteiger partial charge in [-0.15, -0.1) is 11.3 Å². The summed E-state index contributed by atoms with van der Waals surface area (Å²) in [4.78, 5) is 16.4. The minimum Gasteiger partial charge on any atom is -0.338 e. The highest BCUT2D eigenvalue weighted by molar-refractivity contribution is 7.09. The molecule has 1 aromatic rings. The maximum Gasteiger partial charge on any atom is 0.315 e. The van der Waals surface area contributed by atoms with E-state index in [9.17, 15) is 4.79 Å². The van der Waals surface area contributed by atoms with Crippen LogP contribution in [0.25, 0.3) is 0 Å². The van der Waals surface area contributed by atoms with Crippen molar-refractivity contribution in [2.75, 3.05) is 6.54 Å². The third kappa shape index (κ3) is 3.51. The fourth-order valence-electron chi connectivity index (χ4n) is 2.85. The van der Waals surface area contributed by atoms with Crippen LogP contribution in [0.2, 0.25) is 0 Å². The van der Waals surface area contributed by atoms with Gasteiger partial charge in [-0.25, -0.2) is 9.78 Å². The molecular weight excluding hydrogens is 270 g/mol. The predicted octanol–water partition coefficient (Wildman–Crippen LogP) is 3.40. The van der Waals surface area contributed by atoms with Crippen LogP contribution in [0.5, 0.6) is 0 Å². The first-order valence-electron chi connectivity index (χ1n) is 7.61. The zero-order valence-electron chi connectivity index (χ0n) is 12.1. The number of rotatable bonds is 5. The van der Waals surface area contributed by atoms with E-state index in [1.165, 1.54) is 43.5 Å². The van der Waals surface area contributed by atoms with Gasteiger partial charge in [0.2, 0.25) is 0 Å². The van der Waals surface area contributed by atoms with Gasteiger partial charge < -0.3 is 10.6 Å². The van der Waals surface area contributed by atoms with Gasteiger partial charge in [0.15, 0.2) is 0 Å². The predicted molar refractivity (Wildman–Crippen MR) is 80.9 cm³/mol. The first kappa shape index (κ1) is 13.9. The summed E-state index contributed by atoms with van der Waals surface area (Å²) in [5.74, 6) is 0.699. The van der Waals surface area contributed by atoms with Crippen LogP contribution in [0.1, 0.15) is 62.1 Å². The van der Waals surface area contributed by atoms with Crippen molar-refractivity contribution in [3.05, 3.63) is 16.1 Å². The molecule has 0 saturated heterocycles. The lowest BCUT2D eigenvalue weighted by Gasteiger charge is -2.23. The number of nitrogens with zero attached hydrogens (tertiary/aromatic N) is 1. The Balaban J connectivity index is 1.39. The summed E-state index contributed by atoms with van der Waals surface area (Å²) in [5.41, 5.74) is 1.29. The molecule has 0 spiro atoms. The van der Waals surface area contributed by atoms with Crippen molar-refractivity contribution < 1.29 is 4.79 Å². The molecule has 1 heterocycles. The number of hydrogen-bond donors (Lipinski definition) is 2. The van der Waals surface area contributed by atoms with Crippen LogP contribution in [0, 0.1) is 5.41 Å². The number of carbonyl (C=O) groups excluding carboxylic acids is 1. The van der Waals surface area contributed by atoms with E-state index in [1.54, 1.807) is 11.3 Å². The highest BCUT2D eigenvalue weighted by atomic mass is 32.1. The fourth-order valence-corrected chi connectivity index (χ4v) is 3.84. The van der Waals surface area contributed by atoms with Gasteiger partial charge in [-0.3, -0.25) is 0 Å². The Morgan fingerprint density at radius 3 is 2.85 bits per heavy atom. The normalized spacial score (nSPS) is 20.9. The van der Waals surface area contributed by atoms with Gasteiger partial charge in [0.1, 0.15) is 0 Å². The molecule has 20 heavy (non-hydrogen) atoms.